The molecule has 0 unspecified atom stereocenters. The molecule has 128 valence electrons. The van der Waals surface area contributed by atoms with Crippen LogP contribution in [0.4, 0.5) is 13.2 Å². The molecule has 0 spiro atoms. The maximum atomic E-state index is 12.1. The largest absolute Gasteiger partial charge is 0.479 e. The van der Waals surface area contributed by atoms with Crippen LogP contribution < -0.4 is 4.18 Å². The van der Waals surface area contributed by atoms with Crippen LogP contribution in [0.1, 0.15) is 35.1 Å². The number of rotatable bonds is 7. The van der Waals surface area contributed by atoms with E-state index in [9.17, 15) is 13.2 Å². The Balaban J connectivity index is 1.39. The van der Waals surface area contributed by atoms with Crippen molar-refractivity contribution in [3.8, 4) is 5.75 Å². The highest BCUT2D eigenvalue weighted by Crippen LogP contribution is 2.32. The fourth-order valence-corrected chi connectivity index (χ4v) is 3.17. The molecule has 0 saturated carbocycles. The molecule has 0 radical (unpaired) electrons. The van der Waals surface area contributed by atoms with E-state index in [1.54, 1.807) is 12.1 Å². The van der Waals surface area contributed by atoms with Gasteiger partial charge in [0.2, 0.25) is 0 Å². The minimum absolute atomic E-state index is 0.225. The molecule has 0 amide bonds. The van der Waals surface area contributed by atoms with Crippen molar-refractivity contribution in [2.75, 3.05) is 0 Å². The molecule has 0 N–H and O–H groups in total. The van der Waals surface area contributed by atoms with Gasteiger partial charge in [-0.2, -0.15) is 13.2 Å². The number of alkyl halides is 3. The van der Waals surface area contributed by atoms with Gasteiger partial charge in [0.15, 0.2) is 12.0 Å². The zero-order valence-corrected chi connectivity index (χ0v) is 14.1. The molecule has 5 heteroatoms. The van der Waals surface area contributed by atoms with E-state index in [0.717, 1.165) is 31.2 Å². The van der Waals surface area contributed by atoms with E-state index in [1.165, 1.54) is 29.5 Å². The third kappa shape index (κ3) is 4.94. The van der Waals surface area contributed by atoms with Crippen LogP contribution in [0.2, 0.25) is 0 Å². The summed E-state index contributed by atoms with van der Waals surface area (Å²) in [7, 11) is 0. The van der Waals surface area contributed by atoms with E-state index in [0.29, 0.717) is 0 Å². The van der Waals surface area contributed by atoms with Crippen molar-refractivity contribution in [3.05, 3.63) is 64.7 Å². The van der Waals surface area contributed by atoms with Gasteiger partial charge in [-0.3, -0.25) is 0 Å². The van der Waals surface area contributed by atoms with Crippen molar-refractivity contribution in [3.63, 3.8) is 0 Å². The minimum atomic E-state index is -4.38. The van der Waals surface area contributed by atoms with Crippen molar-refractivity contribution in [1.82, 2.24) is 0 Å². The predicted molar refractivity (Wildman–Crippen MR) is 91.2 cm³/mol. The molecule has 0 atom stereocenters. The third-order valence-electron chi connectivity index (χ3n) is 4.27. The standard InChI is InChI=1S/C19H19F3OS/c20-19(21,22)24-23-18-11-6-14(7-12-18)3-1-2-4-15-5-8-16-9-10-17(16)13-15/h5-8,11-13H,1-4,9-10H2. The first-order valence-electron chi connectivity index (χ1n) is 8.12. The van der Waals surface area contributed by atoms with Gasteiger partial charge in [0.25, 0.3) is 0 Å². The number of halogens is 3. The average molecular weight is 352 g/mol. The minimum Gasteiger partial charge on any atom is -0.417 e. The number of hydrogen-bond acceptors (Lipinski definition) is 2. The highest BCUT2D eigenvalue weighted by molar-refractivity contribution is 7.95. The van der Waals surface area contributed by atoms with Crippen LogP contribution in [0, 0.1) is 0 Å². The van der Waals surface area contributed by atoms with Crippen LogP contribution in [0.3, 0.4) is 0 Å². The summed E-state index contributed by atoms with van der Waals surface area (Å²) in [5.74, 6) is 0.225. The molecule has 0 aliphatic heterocycles. The molecule has 0 bridgehead atoms. The van der Waals surface area contributed by atoms with E-state index in [-0.39, 0.29) is 5.75 Å². The van der Waals surface area contributed by atoms with Crippen LogP contribution >= 0.6 is 12.0 Å². The maximum absolute atomic E-state index is 12.1. The molecule has 1 aliphatic rings. The summed E-state index contributed by atoms with van der Waals surface area (Å²) < 4.78 is 40.8. The summed E-state index contributed by atoms with van der Waals surface area (Å²) >= 11 is -0.482. The highest BCUT2D eigenvalue weighted by atomic mass is 32.2. The van der Waals surface area contributed by atoms with Gasteiger partial charge < -0.3 is 4.18 Å². The van der Waals surface area contributed by atoms with Gasteiger partial charge in [-0.05, 0) is 72.9 Å². The van der Waals surface area contributed by atoms with E-state index in [2.05, 4.69) is 22.4 Å². The number of hydrogen-bond donors (Lipinski definition) is 0. The molecule has 0 aromatic heterocycles. The van der Waals surface area contributed by atoms with E-state index in [1.807, 2.05) is 12.1 Å². The average Bonchev–Trinajstić information content (AvgIpc) is 2.52. The van der Waals surface area contributed by atoms with Crippen molar-refractivity contribution < 1.29 is 17.4 Å². The third-order valence-corrected chi connectivity index (χ3v) is 4.74. The second-order valence-corrected chi connectivity index (χ2v) is 6.86. The molecule has 2 aromatic carbocycles. The Bertz CT molecular complexity index is 680. The Kier molecular flexibility index (Phi) is 5.39. The molecule has 1 aliphatic carbocycles. The summed E-state index contributed by atoms with van der Waals surface area (Å²) in [6, 6.07) is 13.6. The second kappa shape index (κ2) is 7.51. The molecular weight excluding hydrogens is 333 g/mol. The Hall–Kier alpha value is -1.62. The molecule has 2 aromatic rings. The lowest BCUT2D eigenvalue weighted by molar-refractivity contribution is -0.0369. The highest BCUT2D eigenvalue weighted by Gasteiger charge is 2.31. The van der Waals surface area contributed by atoms with Crippen LogP contribution in [0.25, 0.3) is 0 Å². The number of fused-ring (bicyclic) bond motifs is 1. The zero-order chi connectivity index (χ0) is 17.0. The van der Waals surface area contributed by atoms with Crippen LogP contribution in [0.15, 0.2) is 42.5 Å². The topological polar surface area (TPSA) is 9.23 Å². The fourth-order valence-electron chi connectivity index (χ4n) is 2.87. The van der Waals surface area contributed by atoms with Gasteiger partial charge in [0.05, 0.1) is 0 Å². The molecule has 1 nitrogen and oxygen atoms in total. The first kappa shape index (κ1) is 17.2. The Morgan fingerprint density at radius 3 is 2.04 bits per heavy atom. The quantitative estimate of drug-likeness (QED) is 0.453. The Labute approximate surface area is 144 Å². The van der Waals surface area contributed by atoms with Crippen molar-refractivity contribution in [2.45, 2.75) is 44.0 Å². The van der Waals surface area contributed by atoms with Crippen molar-refractivity contribution in [1.29, 1.82) is 0 Å². The molecule has 3 rings (SSSR count). The smallest absolute Gasteiger partial charge is 0.417 e. The van der Waals surface area contributed by atoms with Gasteiger partial charge in [-0.1, -0.05) is 30.3 Å². The lowest BCUT2D eigenvalue weighted by Gasteiger charge is -2.19. The van der Waals surface area contributed by atoms with Crippen LogP contribution in [0.5, 0.6) is 5.75 Å². The number of aryl methyl sites for hydroxylation is 4. The van der Waals surface area contributed by atoms with Gasteiger partial charge in [-0.25, -0.2) is 0 Å². The summed E-state index contributed by atoms with van der Waals surface area (Å²) in [5.41, 5.74) is 1.14. The molecule has 0 heterocycles. The van der Waals surface area contributed by atoms with E-state index in [4.69, 9.17) is 0 Å². The summed E-state index contributed by atoms with van der Waals surface area (Å²) in [6.45, 7) is 0. The van der Waals surface area contributed by atoms with Gasteiger partial charge in [0, 0.05) is 0 Å². The number of unbranched alkanes of at least 4 members (excludes halogenated alkanes) is 1. The maximum Gasteiger partial charge on any atom is 0.479 e. The molecular formula is C19H19F3OS. The second-order valence-electron chi connectivity index (χ2n) is 6.07. The Morgan fingerprint density at radius 2 is 1.46 bits per heavy atom. The van der Waals surface area contributed by atoms with Crippen LogP contribution in [-0.2, 0) is 25.7 Å². The zero-order valence-electron chi connectivity index (χ0n) is 13.2. The van der Waals surface area contributed by atoms with Crippen LogP contribution in [-0.4, -0.2) is 5.51 Å². The molecule has 0 saturated heterocycles. The predicted octanol–water partition coefficient (Wildman–Crippen LogP) is 5.90. The molecule has 0 fully saturated rings. The Morgan fingerprint density at radius 1 is 0.833 bits per heavy atom. The molecule has 24 heavy (non-hydrogen) atoms. The van der Waals surface area contributed by atoms with E-state index >= 15 is 0 Å². The van der Waals surface area contributed by atoms with E-state index < -0.39 is 17.6 Å². The lowest BCUT2D eigenvalue weighted by Crippen LogP contribution is -2.08. The normalized spacial score (nSPS) is 13.3. The fraction of sp³-hybridized carbons (Fsp3) is 0.368. The van der Waals surface area contributed by atoms with Gasteiger partial charge in [0.1, 0.15) is 5.75 Å². The summed E-state index contributed by atoms with van der Waals surface area (Å²) in [4.78, 5) is 0. The summed E-state index contributed by atoms with van der Waals surface area (Å²) in [6.07, 6.45) is 6.62. The van der Waals surface area contributed by atoms with Gasteiger partial charge in [-0.15, -0.1) is 0 Å². The monoisotopic (exact) mass is 352 g/mol. The lowest BCUT2D eigenvalue weighted by atomic mass is 9.86. The summed E-state index contributed by atoms with van der Waals surface area (Å²) in [5, 5.41) is 0. The number of benzene rings is 2. The van der Waals surface area contributed by atoms with Crippen molar-refractivity contribution in [2.24, 2.45) is 0 Å². The van der Waals surface area contributed by atoms with Gasteiger partial charge >= 0.3 is 5.51 Å². The first-order valence-corrected chi connectivity index (χ1v) is 8.86. The SMILES string of the molecule is FC(F)(F)SOc1ccc(CCCCc2ccc3c(c2)CC3)cc1. The first-order chi connectivity index (χ1) is 11.5. The van der Waals surface area contributed by atoms with Crippen molar-refractivity contribution >= 4 is 12.0 Å².